The summed E-state index contributed by atoms with van der Waals surface area (Å²) >= 11 is 0. The molecule has 0 amide bonds. The average Bonchev–Trinajstić information content (AvgIpc) is 2.89. The molecule has 0 radical (unpaired) electrons. The van der Waals surface area contributed by atoms with Crippen LogP contribution in [0.3, 0.4) is 0 Å². The van der Waals surface area contributed by atoms with Gasteiger partial charge in [-0.3, -0.25) is 0 Å². The van der Waals surface area contributed by atoms with Crippen molar-refractivity contribution in [3.8, 4) is 28.3 Å². The molecule has 0 aliphatic rings. The third kappa shape index (κ3) is 9.47. The number of aromatic nitrogens is 2. The minimum absolute atomic E-state index is 0.259. The third-order valence-corrected chi connectivity index (χ3v) is 6.66. The van der Waals surface area contributed by atoms with Crippen molar-refractivity contribution in [3.05, 3.63) is 66.5 Å². The van der Waals surface area contributed by atoms with Crippen LogP contribution < -0.4 is 4.74 Å². The number of hydrogen-bond acceptors (Lipinski definition) is 3. The lowest BCUT2D eigenvalue weighted by Crippen LogP contribution is -2.11. The summed E-state index contributed by atoms with van der Waals surface area (Å²) < 4.78 is 6.12. The Morgan fingerprint density at radius 3 is 1.74 bits per heavy atom. The lowest BCUT2D eigenvalue weighted by molar-refractivity contribution is 0.206. The molecule has 0 aliphatic heterocycles. The molecule has 0 unspecified atom stereocenters. The molecule has 0 fully saturated rings. The summed E-state index contributed by atoms with van der Waals surface area (Å²) in [6.45, 7) is 6.69. The summed E-state index contributed by atoms with van der Waals surface area (Å²) in [6.07, 6.45) is 19.4. The molecule has 35 heavy (non-hydrogen) atoms. The van der Waals surface area contributed by atoms with Gasteiger partial charge in [0.15, 0.2) is 5.82 Å². The second-order valence-corrected chi connectivity index (χ2v) is 9.81. The quantitative estimate of drug-likeness (QED) is 0.195. The predicted octanol–water partition coefficient (Wildman–Crippen LogP) is 9.45. The molecule has 3 aromatic rings. The topological polar surface area (TPSA) is 35.0 Å². The van der Waals surface area contributed by atoms with E-state index in [-0.39, 0.29) is 6.10 Å². The van der Waals surface area contributed by atoms with E-state index >= 15 is 0 Å². The SMILES string of the molecule is CCCCCCCc1cnc(-c2ccc(-c3ccc(O[C@H](C)CCCCCCC)cc3)cc2)nc1. The summed E-state index contributed by atoms with van der Waals surface area (Å²) in [4.78, 5) is 9.23. The molecular formula is C32H44N2O. The van der Waals surface area contributed by atoms with Gasteiger partial charge in [-0.1, -0.05) is 102 Å². The Kier molecular flexibility index (Phi) is 11.8. The third-order valence-electron chi connectivity index (χ3n) is 6.66. The van der Waals surface area contributed by atoms with Gasteiger partial charge < -0.3 is 4.74 Å². The predicted molar refractivity (Wildman–Crippen MR) is 149 cm³/mol. The first-order chi connectivity index (χ1) is 17.2. The molecule has 2 aromatic carbocycles. The van der Waals surface area contributed by atoms with Crippen molar-refractivity contribution in [1.82, 2.24) is 9.97 Å². The standard InChI is InChI=1S/C32H44N2O/c1-4-6-8-10-12-14-26(3)35-31-22-20-29(21-23-31)28-16-18-30(19-17-28)32-33-24-27(25-34-32)15-13-11-9-7-5-2/h16-26H,4-15H2,1-3H3/t26-/m1/s1. The summed E-state index contributed by atoms with van der Waals surface area (Å²) in [5.41, 5.74) is 4.66. The summed E-state index contributed by atoms with van der Waals surface area (Å²) in [7, 11) is 0. The Labute approximate surface area is 213 Å². The number of rotatable bonds is 16. The maximum absolute atomic E-state index is 6.12. The Morgan fingerprint density at radius 2 is 1.14 bits per heavy atom. The fourth-order valence-electron chi connectivity index (χ4n) is 4.43. The van der Waals surface area contributed by atoms with Crippen molar-refractivity contribution in [1.29, 1.82) is 0 Å². The zero-order valence-electron chi connectivity index (χ0n) is 22.1. The van der Waals surface area contributed by atoms with Crippen LogP contribution >= 0.6 is 0 Å². The lowest BCUT2D eigenvalue weighted by Gasteiger charge is -2.15. The molecule has 0 bridgehead atoms. The van der Waals surface area contributed by atoms with Gasteiger partial charge in [0.25, 0.3) is 0 Å². The van der Waals surface area contributed by atoms with Crippen LogP contribution in [-0.4, -0.2) is 16.1 Å². The molecule has 0 saturated heterocycles. The highest BCUT2D eigenvalue weighted by molar-refractivity contribution is 5.68. The number of aryl methyl sites for hydroxylation is 1. The Balaban J connectivity index is 1.48. The first-order valence-electron chi connectivity index (χ1n) is 13.9. The first-order valence-corrected chi connectivity index (χ1v) is 13.9. The molecule has 0 aliphatic carbocycles. The van der Waals surface area contributed by atoms with E-state index in [9.17, 15) is 0 Å². The summed E-state index contributed by atoms with van der Waals surface area (Å²) in [6, 6.07) is 17.0. The summed E-state index contributed by atoms with van der Waals surface area (Å²) in [5, 5.41) is 0. The van der Waals surface area contributed by atoms with E-state index in [1.54, 1.807) is 0 Å². The van der Waals surface area contributed by atoms with Crippen LogP contribution in [0.1, 0.15) is 97.0 Å². The largest absolute Gasteiger partial charge is 0.491 e. The molecule has 1 heterocycles. The van der Waals surface area contributed by atoms with Gasteiger partial charge in [-0.15, -0.1) is 0 Å². The zero-order valence-corrected chi connectivity index (χ0v) is 22.1. The molecule has 3 heteroatoms. The molecule has 3 nitrogen and oxygen atoms in total. The van der Waals surface area contributed by atoms with Crippen molar-refractivity contribution in [2.75, 3.05) is 0 Å². The van der Waals surface area contributed by atoms with E-state index in [0.29, 0.717) is 0 Å². The lowest BCUT2D eigenvalue weighted by atomic mass is 10.0. The molecule has 188 valence electrons. The van der Waals surface area contributed by atoms with Crippen LogP contribution in [-0.2, 0) is 6.42 Å². The van der Waals surface area contributed by atoms with Crippen molar-refractivity contribution >= 4 is 0 Å². The van der Waals surface area contributed by atoms with E-state index in [0.717, 1.165) is 30.0 Å². The van der Waals surface area contributed by atoms with Crippen LogP contribution in [0, 0.1) is 0 Å². The molecule has 0 saturated carbocycles. The normalized spacial score (nSPS) is 12.0. The van der Waals surface area contributed by atoms with E-state index in [4.69, 9.17) is 4.74 Å². The smallest absolute Gasteiger partial charge is 0.159 e. The maximum atomic E-state index is 6.12. The van der Waals surface area contributed by atoms with Gasteiger partial charge in [-0.25, -0.2) is 9.97 Å². The minimum Gasteiger partial charge on any atom is -0.491 e. The fourth-order valence-corrected chi connectivity index (χ4v) is 4.43. The zero-order chi connectivity index (χ0) is 24.7. The Hall–Kier alpha value is -2.68. The molecule has 1 atom stereocenters. The monoisotopic (exact) mass is 472 g/mol. The van der Waals surface area contributed by atoms with E-state index in [1.807, 2.05) is 12.4 Å². The number of ether oxygens (including phenoxy) is 1. The van der Waals surface area contributed by atoms with E-state index in [2.05, 4.69) is 79.3 Å². The van der Waals surface area contributed by atoms with E-state index < -0.39 is 0 Å². The van der Waals surface area contributed by atoms with Crippen molar-refractivity contribution in [2.24, 2.45) is 0 Å². The highest BCUT2D eigenvalue weighted by atomic mass is 16.5. The van der Waals surface area contributed by atoms with Gasteiger partial charge in [0.2, 0.25) is 0 Å². The van der Waals surface area contributed by atoms with E-state index in [1.165, 1.54) is 80.9 Å². The molecule has 3 rings (SSSR count). The highest BCUT2D eigenvalue weighted by Crippen LogP contribution is 2.26. The van der Waals surface area contributed by atoms with Crippen LogP contribution in [0.4, 0.5) is 0 Å². The van der Waals surface area contributed by atoms with Gasteiger partial charge in [-0.05, 0) is 61.4 Å². The average molecular weight is 473 g/mol. The Bertz CT molecular complexity index is 948. The van der Waals surface area contributed by atoms with Crippen molar-refractivity contribution in [2.45, 2.75) is 104 Å². The number of benzene rings is 2. The van der Waals surface area contributed by atoms with Crippen LogP contribution in [0.15, 0.2) is 60.9 Å². The second kappa shape index (κ2) is 15.3. The Morgan fingerprint density at radius 1 is 0.629 bits per heavy atom. The number of nitrogens with zero attached hydrogens (tertiary/aromatic N) is 2. The minimum atomic E-state index is 0.259. The van der Waals surface area contributed by atoms with Crippen molar-refractivity contribution < 1.29 is 4.74 Å². The maximum Gasteiger partial charge on any atom is 0.159 e. The molecule has 1 aromatic heterocycles. The van der Waals surface area contributed by atoms with Gasteiger partial charge in [0, 0.05) is 18.0 Å². The van der Waals surface area contributed by atoms with Crippen molar-refractivity contribution in [3.63, 3.8) is 0 Å². The fraction of sp³-hybridized carbons (Fsp3) is 0.500. The highest BCUT2D eigenvalue weighted by Gasteiger charge is 2.06. The number of hydrogen-bond donors (Lipinski definition) is 0. The first kappa shape index (κ1) is 26.9. The summed E-state index contributed by atoms with van der Waals surface area (Å²) in [5.74, 6) is 1.74. The van der Waals surface area contributed by atoms with Crippen LogP contribution in [0.25, 0.3) is 22.5 Å². The second-order valence-electron chi connectivity index (χ2n) is 9.81. The molecular weight excluding hydrogens is 428 g/mol. The van der Waals surface area contributed by atoms with Gasteiger partial charge >= 0.3 is 0 Å². The van der Waals surface area contributed by atoms with Crippen LogP contribution in [0.5, 0.6) is 5.75 Å². The van der Waals surface area contributed by atoms with Crippen LogP contribution in [0.2, 0.25) is 0 Å². The van der Waals surface area contributed by atoms with Gasteiger partial charge in [0.1, 0.15) is 5.75 Å². The van der Waals surface area contributed by atoms with Gasteiger partial charge in [0.05, 0.1) is 6.10 Å². The number of unbranched alkanes of at least 4 members (excludes halogenated alkanes) is 8. The van der Waals surface area contributed by atoms with Gasteiger partial charge in [-0.2, -0.15) is 0 Å². The molecule has 0 spiro atoms. The molecule has 0 N–H and O–H groups in total.